The van der Waals surface area contributed by atoms with E-state index < -0.39 is 0 Å². The first-order chi connectivity index (χ1) is 11.0. The molecule has 0 fully saturated rings. The maximum absolute atomic E-state index is 12.1. The van der Waals surface area contributed by atoms with Crippen LogP contribution in [0.4, 0.5) is 11.5 Å². The summed E-state index contributed by atoms with van der Waals surface area (Å²) in [5.41, 5.74) is 7.35. The fraction of sp³-hybridized carbons (Fsp3) is 0.312. The van der Waals surface area contributed by atoms with Crippen molar-refractivity contribution in [3.05, 3.63) is 36.0 Å². The number of aliphatic hydroxyl groups excluding tert-OH is 1. The molecule has 2 rings (SSSR count). The zero-order valence-corrected chi connectivity index (χ0v) is 13.2. The minimum atomic E-state index is -0.272. The molecule has 1 amide bonds. The van der Waals surface area contributed by atoms with Crippen molar-refractivity contribution in [3.63, 3.8) is 0 Å². The number of amides is 1. The standard InChI is InChI=1S/C16H21N5O2/c1-3-18-16(23)13-8-14(19-10(2)9-22)21-15(20-13)11-4-6-12(17)7-5-11/h4-8,10,22H,3,9,17H2,1-2H3,(H,18,23)(H,19,20,21)/t10-/m0/s1. The SMILES string of the molecule is CCNC(=O)c1cc(N[C@@H](C)CO)nc(-c2ccc(N)cc2)n1. The van der Waals surface area contributed by atoms with Crippen LogP contribution in [-0.2, 0) is 0 Å². The van der Waals surface area contributed by atoms with Crippen molar-refractivity contribution in [2.45, 2.75) is 19.9 Å². The zero-order valence-electron chi connectivity index (χ0n) is 13.2. The third-order valence-corrected chi connectivity index (χ3v) is 3.13. The molecular weight excluding hydrogens is 294 g/mol. The molecule has 0 aliphatic carbocycles. The first-order valence-corrected chi connectivity index (χ1v) is 7.44. The monoisotopic (exact) mass is 315 g/mol. The second-order valence-corrected chi connectivity index (χ2v) is 5.17. The number of carbonyl (C=O) groups is 1. The van der Waals surface area contributed by atoms with E-state index in [9.17, 15) is 9.90 Å². The fourth-order valence-electron chi connectivity index (χ4n) is 1.95. The molecule has 0 aliphatic heterocycles. The summed E-state index contributed by atoms with van der Waals surface area (Å²) in [6, 6.07) is 8.47. The molecule has 2 aromatic rings. The van der Waals surface area contributed by atoms with Crippen LogP contribution in [0.1, 0.15) is 24.3 Å². The molecule has 5 N–H and O–H groups in total. The van der Waals surface area contributed by atoms with Gasteiger partial charge in [-0.25, -0.2) is 9.97 Å². The predicted molar refractivity (Wildman–Crippen MR) is 90.1 cm³/mol. The van der Waals surface area contributed by atoms with Gasteiger partial charge in [-0.05, 0) is 38.1 Å². The molecule has 1 heterocycles. The minimum absolute atomic E-state index is 0.0440. The Morgan fingerprint density at radius 3 is 2.61 bits per heavy atom. The van der Waals surface area contributed by atoms with Crippen molar-refractivity contribution in [1.29, 1.82) is 0 Å². The van der Waals surface area contributed by atoms with Crippen LogP contribution in [0.5, 0.6) is 0 Å². The van der Waals surface area contributed by atoms with Crippen LogP contribution < -0.4 is 16.4 Å². The van der Waals surface area contributed by atoms with Crippen molar-refractivity contribution in [1.82, 2.24) is 15.3 Å². The summed E-state index contributed by atoms with van der Waals surface area (Å²) in [7, 11) is 0. The Bertz CT molecular complexity index is 673. The van der Waals surface area contributed by atoms with E-state index in [-0.39, 0.29) is 24.2 Å². The molecule has 122 valence electrons. The molecular formula is C16H21N5O2. The van der Waals surface area contributed by atoms with Crippen molar-refractivity contribution in [2.75, 3.05) is 24.2 Å². The van der Waals surface area contributed by atoms with Gasteiger partial charge in [-0.3, -0.25) is 4.79 Å². The van der Waals surface area contributed by atoms with Crippen molar-refractivity contribution in [2.24, 2.45) is 0 Å². The maximum atomic E-state index is 12.1. The van der Waals surface area contributed by atoms with Crippen LogP contribution in [0, 0.1) is 0 Å². The van der Waals surface area contributed by atoms with Gasteiger partial charge >= 0.3 is 0 Å². The van der Waals surface area contributed by atoms with E-state index in [0.29, 0.717) is 23.9 Å². The molecule has 1 aromatic heterocycles. The largest absolute Gasteiger partial charge is 0.399 e. The summed E-state index contributed by atoms with van der Waals surface area (Å²) < 4.78 is 0. The second-order valence-electron chi connectivity index (χ2n) is 5.17. The minimum Gasteiger partial charge on any atom is -0.399 e. The highest BCUT2D eigenvalue weighted by molar-refractivity contribution is 5.93. The Morgan fingerprint density at radius 1 is 1.30 bits per heavy atom. The van der Waals surface area contributed by atoms with E-state index in [1.165, 1.54) is 0 Å². The Kier molecular flexibility index (Phi) is 5.48. The quantitative estimate of drug-likeness (QED) is 0.597. The van der Waals surface area contributed by atoms with Crippen molar-refractivity contribution >= 4 is 17.4 Å². The summed E-state index contributed by atoms with van der Waals surface area (Å²) in [6.45, 7) is 4.12. The topological polar surface area (TPSA) is 113 Å². The molecule has 7 heteroatoms. The zero-order chi connectivity index (χ0) is 16.8. The highest BCUT2D eigenvalue weighted by atomic mass is 16.3. The van der Waals surface area contributed by atoms with Gasteiger partial charge in [0.1, 0.15) is 11.5 Å². The number of hydrogen-bond donors (Lipinski definition) is 4. The van der Waals surface area contributed by atoms with Gasteiger partial charge in [-0.15, -0.1) is 0 Å². The number of nitrogens with two attached hydrogens (primary N) is 1. The average Bonchev–Trinajstić information content (AvgIpc) is 2.55. The number of hydrogen-bond acceptors (Lipinski definition) is 6. The van der Waals surface area contributed by atoms with Gasteiger partial charge in [-0.1, -0.05) is 0 Å². The Hall–Kier alpha value is -2.67. The molecule has 1 atom stereocenters. The first-order valence-electron chi connectivity index (χ1n) is 7.44. The van der Waals surface area contributed by atoms with Gasteiger partial charge in [0.25, 0.3) is 5.91 Å². The number of nitrogens with zero attached hydrogens (tertiary/aromatic N) is 2. The van der Waals surface area contributed by atoms with Crippen LogP contribution in [0.15, 0.2) is 30.3 Å². The van der Waals surface area contributed by atoms with Gasteiger partial charge < -0.3 is 21.5 Å². The van der Waals surface area contributed by atoms with Crippen LogP contribution in [0.25, 0.3) is 11.4 Å². The summed E-state index contributed by atoms with van der Waals surface area (Å²) >= 11 is 0. The average molecular weight is 315 g/mol. The molecule has 0 bridgehead atoms. The van der Waals surface area contributed by atoms with E-state index in [1.54, 1.807) is 30.3 Å². The lowest BCUT2D eigenvalue weighted by Gasteiger charge is -2.14. The molecule has 0 radical (unpaired) electrons. The number of rotatable bonds is 6. The molecule has 0 unspecified atom stereocenters. The van der Waals surface area contributed by atoms with E-state index in [2.05, 4.69) is 20.6 Å². The molecule has 7 nitrogen and oxygen atoms in total. The smallest absolute Gasteiger partial charge is 0.270 e. The number of nitrogen functional groups attached to an aromatic ring is 1. The number of anilines is 2. The lowest BCUT2D eigenvalue weighted by Crippen LogP contribution is -2.25. The first kappa shape index (κ1) is 16.7. The third-order valence-electron chi connectivity index (χ3n) is 3.13. The molecule has 0 saturated heterocycles. The summed E-state index contributed by atoms with van der Waals surface area (Å²) in [4.78, 5) is 20.8. The Morgan fingerprint density at radius 2 is 2.00 bits per heavy atom. The predicted octanol–water partition coefficient (Wildman–Crippen LogP) is 1.27. The van der Waals surface area contributed by atoms with Crippen LogP contribution in [0.3, 0.4) is 0 Å². The fourth-order valence-corrected chi connectivity index (χ4v) is 1.95. The van der Waals surface area contributed by atoms with Crippen molar-refractivity contribution < 1.29 is 9.90 Å². The summed E-state index contributed by atoms with van der Waals surface area (Å²) in [6.07, 6.45) is 0. The number of nitrogens with one attached hydrogen (secondary N) is 2. The van der Waals surface area contributed by atoms with E-state index in [0.717, 1.165) is 5.56 Å². The molecule has 0 spiro atoms. The Balaban J connectivity index is 2.43. The van der Waals surface area contributed by atoms with Gasteiger partial charge in [-0.2, -0.15) is 0 Å². The second kappa shape index (κ2) is 7.55. The van der Waals surface area contributed by atoms with Crippen LogP contribution in [0.2, 0.25) is 0 Å². The van der Waals surface area contributed by atoms with Gasteiger partial charge in [0.05, 0.1) is 6.61 Å². The van der Waals surface area contributed by atoms with Gasteiger partial charge in [0.2, 0.25) is 0 Å². The molecule has 1 aromatic carbocycles. The number of aromatic nitrogens is 2. The maximum Gasteiger partial charge on any atom is 0.270 e. The van der Waals surface area contributed by atoms with E-state index in [1.807, 2.05) is 13.8 Å². The normalized spacial score (nSPS) is 11.8. The van der Waals surface area contributed by atoms with E-state index in [4.69, 9.17) is 5.73 Å². The molecule has 0 saturated carbocycles. The highest BCUT2D eigenvalue weighted by Crippen LogP contribution is 2.20. The number of carbonyl (C=O) groups excluding carboxylic acids is 1. The van der Waals surface area contributed by atoms with Crippen LogP contribution >= 0.6 is 0 Å². The molecule has 0 aliphatic rings. The van der Waals surface area contributed by atoms with Crippen molar-refractivity contribution in [3.8, 4) is 11.4 Å². The third kappa shape index (κ3) is 4.40. The van der Waals surface area contributed by atoms with Gasteiger partial charge in [0.15, 0.2) is 5.82 Å². The summed E-state index contributed by atoms with van der Waals surface area (Å²) in [5, 5.41) is 14.9. The molecule has 23 heavy (non-hydrogen) atoms. The summed E-state index contributed by atoms with van der Waals surface area (Å²) in [5.74, 6) is 0.627. The van der Waals surface area contributed by atoms with E-state index >= 15 is 0 Å². The number of benzene rings is 1. The van der Waals surface area contributed by atoms with Gasteiger partial charge in [0, 0.05) is 29.9 Å². The Labute approximate surface area is 135 Å². The lowest BCUT2D eigenvalue weighted by molar-refractivity contribution is 0.0951. The lowest BCUT2D eigenvalue weighted by atomic mass is 10.2. The van der Waals surface area contributed by atoms with Crippen LogP contribution in [-0.4, -0.2) is 40.2 Å². The highest BCUT2D eigenvalue weighted by Gasteiger charge is 2.13. The number of aliphatic hydroxyl groups is 1.